The first kappa shape index (κ1) is 10.1. The van der Waals surface area contributed by atoms with Gasteiger partial charge in [0.2, 0.25) is 0 Å². The van der Waals surface area contributed by atoms with E-state index in [4.69, 9.17) is 5.11 Å². The van der Waals surface area contributed by atoms with Crippen LogP contribution in [0.15, 0.2) is 28.7 Å². The molecule has 0 heterocycles. The molecule has 1 aliphatic carbocycles. The van der Waals surface area contributed by atoms with Crippen LogP contribution in [0.25, 0.3) is 0 Å². The molecule has 2 nitrogen and oxygen atoms in total. The van der Waals surface area contributed by atoms with E-state index >= 15 is 0 Å². The average Bonchev–Trinajstić information content (AvgIpc) is 2.97. The van der Waals surface area contributed by atoms with Crippen LogP contribution in [0.3, 0.4) is 0 Å². The van der Waals surface area contributed by atoms with Gasteiger partial charge in [-0.05, 0) is 24.5 Å². The Kier molecular flexibility index (Phi) is 2.91. The molecule has 0 bridgehead atoms. The first-order valence-electron chi connectivity index (χ1n) is 4.89. The summed E-state index contributed by atoms with van der Waals surface area (Å²) >= 11 is 3.56. The van der Waals surface area contributed by atoms with Gasteiger partial charge >= 0.3 is 0 Å². The third-order valence-electron chi connectivity index (χ3n) is 2.71. The number of hydrogen-bond donors (Lipinski definition) is 2. The second-order valence-electron chi connectivity index (χ2n) is 3.71. The number of benzene rings is 1. The lowest BCUT2D eigenvalue weighted by molar-refractivity contribution is 0.281. The minimum absolute atomic E-state index is 0.128. The Balaban J connectivity index is 2.18. The van der Waals surface area contributed by atoms with Gasteiger partial charge < -0.3 is 10.4 Å². The summed E-state index contributed by atoms with van der Waals surface area (Å²) < 4.78 is 1.16. The summed E-state index contributed by atoms with van der Waals surface area (Å²) in [5, 5.41) is 12.2. The highest BCUT2D eigenvalue weighted by Crippen LogP contribution is 2.47. The Bertz CT molecular complexity index is 323. The van der Waals surface area contributed by atoms with E-state index in [9.17, 15) is 0 Å². The normalized spacial score (nSPS) is 18.1. The summed E-state index contributed by atoms with van der Waals surface area (Å²) in [6.45, 7) is 0.869. The monoisotopic (exact) mass is 255 g/mol. The molecular weight excluding hydrogens is 242 g/mol. The average molecular weight is 256 g/mol. The molecule has 1 fully saturated rings. The van der Waals surface area contributed by atoms with Gasteiger partial charge in [-0.2, -0.15) is 0 Å². The maximum atomic E-state index is 8.80. The second kappa shape index (κ2) is 4.01. The Labute approximate surface area is 92.5 Å². The minimum Gasteiger partial charge on any atom is -0.395 e. The van der Waals surface area contributed by atoms with E-state index in [1.807, 2.05) is 6.07 Å². The van der Waals surface area contributed by atoms with Crippen molar-refractivity contribution in [3.05, 3.63) is 34.3 Å². The fourth-order valence-corrected chi connectivity index (χ4v) is 2.48. The molecule has 0 saturated heterocycles. The maximum absolute atomic E-state index is 8.80. The molecule has 0 aromatic heterocycles. The SMILES string of the molecule is OCCNC1(c2ccccc2Br)CC1. The van der Waals surface area contributed by atoms with Gasteiger partial charge in [-0.3, -0.25) is 0 Å². The zero-order chi connectivity index (χ0) is 10.0. The van der Waals surface area contributed by atoms with Crippen LogP contribution in [-0.2, 0) is 5.54 Å². The van der Waals surface area contributed by atoms with Gasteiger partial charge in [0.05, 0.1) is 6.61 Å². The first-order valence-corrected chi connectivity index (χ1v) is 5.69. The molecule has 76 valence electrons. The van der Waals surface area contributed by atoms with Crippen molar-refractivity contribution in [2.24, 2.45) is 0 Å². The first-order chi connectivity index (χ1) is 6.78. The topological polar surface area (TPSA) is 32.3 Å². The third kappa shape index (κ3) is 1.85. The molecular formula is C11H14BrNO. The van der Waals surface area contributed by atoms with Gasteiger partial charge in [0.25, 0.3) is 0 Å². The van der Waals surface area contributed by atoms with Crippen LogP contribution >= 0.6 is 15.9 Å². The predicted octanol–water partition coefficient (Wildman–Crippen LogP) is 2.02. The largest absolute Gasteiger partial charge is 0.395 e. The van der Waals surface area contributed by atoms with Crippen molar-refractivity contribution in [2.75, 3.05) is 13.2 Å². The fourth-order valence-electron chi connectivity index (χ4n) is 1.81. The number of rotatable bonds is 4. The molecule has 14 heavy (non-hydrogen) atoms. The molecule has 1 aromatic rings. The maximum Gasteiger partial charge on any atom is 0.0556 e. The highest BCUT2D eigenvalue weighted by Gasteiger charge is 2.44. The quantitative estimate of drug-likeness (QED) is 0.863. The zero-order valence-electron chi connectivity index (χ0n) is 7.96. The van der Waals surface area contributed by atoms with Crippen molar-refractivity contribution in [1.82, 2.24) is 5.32 Å². The molecule has 1 aliphatic rings. The van der Waals surface area contributed by atoms with Gasteiger partial charge in [-0.1, -0.05) is 34.1 Å². The Morgan fingerprint density at radius 1 is 1.36 bits per heavy atom. The van der Waals surface area contributed by atoms with Crippen molar-refractivity contribution in [2.45, 2.75) is 18.4 Å². The molecule has 0 radical (unpaired) electrons. The lowest BCUT2D eigenvalue weighted by atomic mass is 10.1. The summed E-state index contributed by atoms with van der Waals surface area (Å²) in [4.78, 5) is 0. The number of hydrogen-bond acceptors (Lipinski definition) is 2. The zero-order valence-corrected chi connectivity index (χ0v) is 9.55. The minimum atomic E-state index is 0.128. The van der Waals surface area contributed by atoms with E-state index in [1.165, 1.54) is 5.56 Å². The fraction of sp³-hybridized carbons (Fsp3) is 0.455. The van der Waals surface area contributed by atoms with Crippen LogP contribution in [0.4, 0.5) is 0 Å². The third-order valence-corrected chi connectivity index (χ3v) is 3.41. The number of aliphatic hydroxyl groups excluding tert-OH is 1. The van der Waals surface area contributed by atoms with E-state index in [0.717, 1.165) is 17.3 Å². The van der Waals surface area contributed by atoms with Crippen molar-refractivity contribution in [3.63, 3.8) is 0 Å². The number of halogens is 1. The lowest BCUT2D eigenvalue weighted by Gasteiger charge is -2.18. The van der Waals surface area contributed by atoms with Crippen molar-refractivity contribution in [3.8, 4) is 0 Å². The van der Waals surface area contributed by atoms with Gasteiger partial charge in [-0.15, -0.1) is 0 Å². The Morgan fingerprint density at radius 2 is 2.07 bits per heavy atom. The van der Waals surface area contributed by atoms with Crippen LogP contribution in [0.5, 0.6) is 0 Å². The van der Waals surface area contributed by atoms with E-state index in [0.29, 0.717) is 6.54 Å². The molecule has 0 spiro atoms. The van der Waals surface area contributed by atoms with Gasteiger partial charge in [0, 0.05) is 16.6 Å². The van der Waals surface area contributed by atoms with Gasteiger partial charge in [0.1, 0.15) is 0 Å². The molecule has 1 aromatic carbocycles. The molecule has 0 unspecified atom stereocenters. The van der Waals surface area contributed by atoms with E-state index in [1.54, 1.807) is 0 Å². The van der Waals surface area contributed by atoms with Crippen molar-refractivity contribution < 1.29 is 5.11 Å². The van der Waals surface area contributed by atoms with Gasteiger partial charge in [0.15, 0.2) is 0 Å². The van der Waals surface area contributed by atoms with Crippen LogP contribution in [0, 0.1) is 0 Å². The summed E-state index contributed by atoms with van der Waals surface area (Å²) in [6.07, 6.45) is 2.32. The van der Waals surface area contributed by atoms with E-state index in [2.05, 4.69) is 39.4 Å². The molecule has 1 saturated carbocycles. The van der Waals surface area contributed by atoms with E-state index in [-0.39, 0.29) is 12.1 Å². The molecule has 3 heteroatoms. The molecule has 0 atom stereocenters. The van der Waals surface area contributed by atoms with Crippen LogP contribution in [0.1, 0.15) is 18.4 Å². The van der Waals surface area contributed by atoms with Crippen LogP contribution < -0.4 is 5.32 Å². The highest BCUT2D eigenvalue weighted by atomic mass is 79.9. The van der Waals surface area contributed by atoms with Gasteiger partial charge in [-0.25, -0.2) is 0 Å². The lowest BCUT2D eigenvalue weighted by Crippen LogP contribution is -2.31. The standard InChI is InChI=1S/C11H14BrNO/c12-10-4-2-1-3-9(10)11(5-6-11)13-7-8-14/h1-4,13-14H,5-8H2. The summed E-state index contributed by atoms with van der Waals surface area (Å²) in [6, 6.07) is 8.29. The van der Waals surface area contributed by atoms with Crippen molar-refractivity contribution in [1.29, 1.82) is 0 Å². The summed E-state index contributed by atoms with van der Waals surface area (Å²) in [5.74, 6) is 0. The van der Waals surface area contributed by atoms with Crippen LogP contribution in [0.2, 0.25) is 0 Å². The summed E-state index contributed by atoms with van der Waals surface area (Å²) in [7, 11) is 0. The van der Waals surface area contributed by atoms with E-state index < -0.39 is 0 Å². The molecule has 2 N–H and O–H groups in total. The highest BCUT2D eigenvalue weighted by molar-refractivity contribution is 9.10. The predicted molar refractivity (Wildman–Crippen MR) is 60.1 cm³/mol. The molecule has 0 aliphatic heterocycles. The number of nitrogens with one attached hydrogen (secondary N) is 1. The number of aliphatic hydroxyl groups is 1. The Hall–Kier alpha value is -0.380. The second-order valence-corrected chi connectivity index (χ2v) is 4.57. The Morgan fingerprint density at radius 3 is 2.64 bits per heavy atom. The molecule has 0 amide bonds. The smallest absolute Gasteiger partial charge is 0.0556 e. The van der Waals surface area contributed by atoms with Crippen LogP contribution in [-0.4, -0.2) is 18.3 Å². The van der Waals surface area contributed by atoms with Crippen molar-refractivity contribution >= 4 is 15.9 Å². The molecule has 2 rings (SSSR count). The summed E-state index contributed by atoms with van der Waals surface area (Å²) in [5.41, 5.74) is 1.44.